The lowest BCUT2D eigenvalue weighted by Crippen LogP contribution is -2.37. The van der Waals surface area contributed by atoms with Crippen molar-refractivity contribution in [2.45, 2.75) is 6.61 Å². The second-order valence-electron chi connectivity index (χ2n) is 8.29. The van der Waals surface area contributed by atoms with Crippen LogP contribution in [0.3, 0.4) is 0 Å². The Morgan fingerprint density at radius 1 is 1.14 bits per heavy atom. The molecule has 37 heavy (non-hydrogen) atoms. The van der Waals surface area contributed by atoms with Crippen molar-refractivity contribution in [2.24, 2.45) is 5.10 Å². The number of hydrogen-bond acceptors (Lipinski definition) is 8. The van der Waals surface area contributed by atoms with E-state index in [1.807, 2.05) is 35.2 Å². The lowest BCUT2D eigenvalue weighted by Gasteiger charge is -2.27. The molecular formula is C27H25BrFN5O3. The number of benzene rings is 3. The largest absolute Gasteiger partial charge is 0.493 e. The maximum atomic E-state index is 14.3. The number of hydrogen-bond donors (Lipinski definition) is 1. The Morgan fingerprint density at radius 3 is 2.78 bits per heavy atom. The SMILES string of the molecule is COc1cc(/C=N\Nc2ncc(F)c(N3CCOCC3)n2)c(Br)cc1OCc1cccc2ccccc12. The maximum Gasteiger partial charge on any atom is 0.245 e. The summed E-state index contributed by atoms with van der Waals surface area (Å²) in [5.74, 6) is 1.11. The molecule has 1 aliphatic rings. The maximum absolute atomic E-state index is 14.3. The first kappa shape index (κ1) is 24.9. The van der Waals surface area contributed by atoms with Crippen LogP contribution in [0.1, 0.15) is 11.1 Å². The molecule has 5 rings (SSSR count). The van der Waals surface area contributed by atoms with Crippen LogP contribution in [-0.2, 0) is 11.3 Å². The van der Waals surface area contributed by atoms with Gasteiger partial charge >= 0.3 is 0 Å². The van der Waals surface area contributed by atoms with Gasteiger partial charge in [0.1, 0.15) is 6.61 Å². The number of ether oxygens (including phenoxy) is 3. The summed E-state index contributed by atoms with van der Waals surface area (Å²) in [6.45, 7) is 2.59. The highest BCUT2D eigenvalue weighted by Gasteiger charge is 2.18. The molecule has 0 atom stereocenters. The number of nitrogens with one attached hydrogen (secondary N) is 1. The number of hydrazone groups is 1. The summed E-state index contributed by atoms with van der Waals surface area (Å²) in [6, 6.07) is 18.0. The molecule has 0 unspecified atom stereocenters. The fourth-order valence-corrected chi connectivity index (χ4v) is 4.49. The molecule has 1 fully saturated rings. The summed E-state index contributed by atoms with van der Waals surface area (Å²) in [5.41, 5.74) is 4.61. The van der Waals surface area contributed by atoms with Crippen LogP contribution < -0.4 is 19.8 Å². The van der Waals surface area contributed by atoms with E-state index < -0.39 is 5.82 Å². The lowest BCUT2D eigenvalue weighted by molar-refractivity contribution is 0.122. The van der Waals surface area contributed by atoms with Crippen LogP contribution in [0.2, 0.25) is 0 Å². The van der Waals surface area contributed by atoms with Crippen molar-refractivity contribution < 1.29 is 18.6 Å². The smallest absolute Gasteiger partial charge is 0.245 e. The highest BCUT2D eigenvalue weighted by Crippen LogP contribution is 2.34. The van der Waals surface area contributed by atoms with E-state index in [1.165, 1.54) is 0 Å². The van der Waals surface area contributed by atoms with E-state index in [2.05, 4.69) is 60.7 Å². The van der Waals surface area contributed by atoms with Crippen molar-refractivity contribution in [3.63, 3.8) is 0 Å². The van der Waals surface area contributed by atoms with Crippen molar-refractivity contribution in [3.05, 3.63) is 82.2 Å². The zero-order valence-electron chi connectivity index (χ0n) is 20.2. The molecule has 1 saturated heterocycles. The molecule has 1 N–H and O–H groups in total. The van der Waals surface area contributed by atoms with E-state index >= 15 is 0 Å². The number of halogens is 2. The number of rotatable bonds is 8. The molecule has 1 aliphatic heterocycles. The molecule has 3 aromatic carbocycles. The lowest BCUT2D eigenvalue weighted by atomic mass is 10.1. The van der Waals surface area contributed by atoms with Crippen LogP contribution in [-0.4, -0.2) is 49.6 Å². The van der Waals surface area contributed by atoms with Crippen molar-refractivity contribution in [2.75, 3.05) is 43.7 Å². The van der Waals surface area contributed by atoms with Gasteiger partial charge in [0, 0.05) is 23.1 Å². The summed E-state index contributed by atoms with van der Waals surface area (Å²) in [5, 5.41) is 6.54. The van der Waals surface area contributed by atoms with E-state index in [-0.39, 0.29) is 11.8 Å². The Balaban J connectivity index is 1.29. The first-order valence-corrected chi connectivity index (χ1v) is 12.5. The zero-order valence-corrected chi connectivity index (χ0v) is 21.7. The van der Waals surface area contributed by atoms with E-state index in [0.717, 1.165) is 32.6 Å². The molecule has 0 amide bonds. The Labute approximate surface area is 222 Å². The van der Waals surface area contributed by atoms with Crippen LogP contribution in [0.4, 0.5) is 16.2 Å². The molecule has 10 heteroatoms. The van der Waals surface area contributed by atoms with Gasteiger partial charge in [-0.2, -0.15) is 10.1 Å². The minimum absolute atomic E-state index is 0.192. The van der Waals surface area contributed by atoms with E-state index in [9.17, 15) is 4.39 Å². The first-order chi connectivity index (χ1) is 18.1. The Morgan fingerprint density at radius 2 is 1.95 bits per heavy atom. The van der Waals surface area contributed by atoms with E-state index in [4.69, 9.17) is 14.2 Å². The average molecular weight is 566 g/mol. The van der Waals surface area contributed by atoms with Gasteiger partial charge in [0.15, 0.2) is 23.1 Å². The number of methoxy groups -OCH3 is 1. The molecule has 0 spiro atoms. The minimum Gasteiger partial charge on any atom is -0.493 e. The quantitative estimate of drug-likeness (QED) is 0.226. The Hall–Kier alpha value is -3.76. The summed E-state index contributed by atoms with van der Waals surface area (Å²) in [6.07, 6.45) is 2.74. The van der Waals surface area contributed by atoms with Crippen LogP contribution in [0.5, 0.6) is 11.5 Å². The molecule has 1 aromatic heterocycles. The van der Waals surface area contributed by atoms with Gasteiger partial charge in [-0.05, 0) is 44.4 Å². The third kappa shape index (κ3) is 5.81. The van der Waals surface area contributed by atoms with Gasteiger partial charge in [0.2, 0.25) is 5.95 Å². The van der Waals surface area contributed by atoms with Crippen LogP contribution in [0.15, 0.2) is 70.4 Å². The monoisotopic (exact) mass is 565 g/mol. The third-order valence-corrected chi connectivity index (χ3v) is 6.64. The molecule has 0 bridgehead atoms. The van der Waals surface area contributed by atoms with Gasteiger partial charge in [0.05, 0.1) is 32.7 Å². The van der Waals surface area contributed by atoms with Gasteiger partial charge in [-0.25, -0.2) is 14.8 Å². The highest BCUT2D eigenvalue weighted by atomic mass is 79.9. The van der Waals surface area contributed by atoms with Crippen LogP contribution in [0.25, 0.3) is 10.8 Å². The topological polar surface area (TPSA) is 81.1 Å². The molecule has 190 valence electrons. The molecule has 2 heterocycles. The molecule has 0 radical (unpaired) electrons. The fraction of sp³-hybridized carbons (Fsp3) is 0.222. The number of nitrogens with zero attached hydrogens (tertiary/aromatic N) is 4. The second kappa shape index (κ2) is 11.5. The second-order valence-corrected chi connectivity index (χ2v) is 9.14. The molecular weight excluding hydrogens is 541 g/mol. The van der Waals surface area contributed by atoms with Crippen molar-refractivity contribution in [3.8, 4) is 11.5 Å². The van der Waals surface area contributed by atoms with Gasteiger partial charge < -0.3 is 19.1 Å². The number of anilines is 2. The molecule has 0 saturated carbocycles. The fourth-order valence-electron chi connectivity index (χ4n) is 4.06. The average Bonchev–Trinajstić information content (AvgIpc) is 2.94. The summed E-state index contributed by atoms with van der Waals surface area (Å²) >= 11 is 3.58. The predicted octanol–water partition coefficient (Wildman–Crippen LogP) is 5.40. The molecule has 0 aliphatic carbocycles. The number of fused-ring (bicyclic) bond motifs is 1. The van der Waals surface area contributed by atoms with E-state index in [1.54, 1.807) is 13.3 Å². The van der Waals surface area contributed by atoms with Crippen molar-refractivity contribution >= 4 is 44.7 Å². The van der Waals surface area contributed by atoms with Crippen molar-refractivity contribution in [1.82, 2.24) is 9.97 Å². The van der Waals surface area contributed by atoms with Gasteiger partial charge in [-0.15, -0.1) is 0 Å². The Bertz CT molecular complexity index is 1420. The first-order valence-electron chi connectivity index (χ1n) is 11.7. The predicted molar refractivity (Wildman–Crippen MR) is 145 cm³/mol. The summed E-state index contributed by atoms with van der Waals surface area (Å²) in [7, 11) is 1.59. The third-order valence-electron chi connectivity index (χ3n) is 5.95. The number of morpholine rings is 1. The number of aromatic nitrogens is 2. The van der Waals surface area contributed by atoms with Gasteiger partial charge in [0.25, 0.3) is 0 Å². The normalized spacial score (nSPS) is 13.8. The summed E-state index contributed by atoms with van der Waals surface area (Å²) in [4.78, 5) is 10.1. The Kier molecular flexibility index (Phi) is 7.76. The van der Waals surface area contributed by atoms with Gasteiger partial charge in [-0.3, -0.25) is 0 Å². The van der Waals surface area contributed by atoms with Crippen LogP contribution in [0, 0.1) is 5.82 Å². The van der Waals surface area contributed by atoms with Crippen molar-refractivity contribution in [1.29, 1.82) is 0 Å². The molecule has 4 aromatic rings. The van der Waals surface area contributed by atoms with Crippen LogP contribution >= 0.6 is 15.9 Å². The highest BCUT2D eigenvalue weighted by molar-refractivity contribution is 9.10. The summed E-state index contributed by atoms with van der Waals surface area (Å²) < 4.78 is 32.0. The minimum atomic E-state index is -0.483. The zero-order chi connectivity index (χ0) is 25.6. The van der Waals surface area contributed by atoms with Gasteiger partial charge in [-0.1, -0.05) is 42.5 Å². The van der Waals surface area contributed by atoms with E-state index in [0.29, 0.717) is 44.4 Å². The standard InChI is InChI=1S/C27H25BrFN5O3/c1-35-24-13-20(15-31-33-27-30-16-23(29)26(32-27)34-9-11-36-12-10-34)22(28)14-25(24)37-17-19-7-4-6-18-5-2-3-8-21(18)19/h2-8,13-16H,9-12,17H2,1H3,(H,30,32,33)/b31-15-. The molecule has 8 nitrogen and oxygen atoms in total.